The van der Waals surface area contributed by atoms with E-state index in [-0.39, 0.29) is 11.5 Å². The molecule has 14 heteroatoms. The fourth-order valence-corrected chi connectivity index (χ4v) is 4.25. The normalized spacial score (nSPS) is 10.1. The van der Waals surface area contributed by atoms with Gasteiger partial charge in [-0.05, 0) is 48.5 Å². The molecule has 214 valence electrons. The fourth-order valence-electron chi connectivity index (χ4n) is 3.08. The van der Waals surface area contributed by atoms with Gasteiger partial charge in [0.15, 0.2) is 0 Å². The Hall–Kier alpha value is -2.62. The first-order chi connectivity index (χ1) is 19.1. The van der Waals surface area contributed by atoms with Crippen LogP contribution in [-0.2, 0) is 0 Å². The Kier molecular flexibility index (Phi) is 15.7. The van der Waals surface area contributed by atoms with Crippen molar-refractivity contribution in [3.63, 3.8) is 0 Å². The van der Waals surface area contributed by atoms with Crippen molar-refractivity contribution in [3.05, 3.63) is 59.7 Å². The van der Waals surface area contributed by atoms with Gasteiger partial charge in [0.1, 0.15) is 21.5 Å². The number of thiocarbonyl (C=S) groups is 6. The number of hydrogen-bond acceptors (Lipinski definition) is 8. The van der Waals surface area contributed by atoms with Crippen LogP contribution in [0.1, 0.15) is 24.0 Å². The molecule has 0 spiro atoms. The predicted molar refractivity (Wildman–Crippen MR) is 187 cm³/mol. The lowest BCUT2D eigenvalue weighted by molar-refractivity contribution is 0.474. The number of phenols is 2. The fraction of sp³-hybridized carbons (Fsp3) is 0.308. The van der Waals surface area contributed by atoms with Gasteiger partial charge in [-0.2, -0.15) is 0 Å². The Balaban J connectivity index is 1.46. The number of aromatic hydroxyl groups is 2. The topological polar surface area (TPSA) is 113 Å². The summed E-state index contributed by atoms with van der Waals surface area (Å²) in [5.74, 6) is 0.394. The summed E-state index contributed by atoms with van der Waals surface area (Å²) in [4.78, 5) is 3.87. The second kappa shape index (κ2) is 18.7. The molecule has 0 aliphatic heterocycles. The maximum absolute atomic E-state index is 9.36. The standard InChI is InChI=1S/C26H32N6O2S6/c33-19-5-1-17(2-6-19)25(39)30-12-10-21(35)27-11-9-22(36)28-13-14-29-23(37)15-31-24(38)16-32-26(40)18-3-7-20(34)8-4-18/h1-8,33-34H,9-16H2,(H,27,35)(H,28,36)(H,29,37)(H,30,39)(H,31,38)(H,32,40). The third kappa shape index (κ3) is 14.1. The van der Waals surface area contributed by atoms with Crippen molar-refractivity contribution in [2.24, 2.45) is 0 Å². The molecule has 0 unspecified atom stereocenters. The average Bonchev–Trinajstić information content (AvgIpc) is 2.93. The van der Waals surface area contributed by atoms with E-state index in [9.17, 15) is 10.2 Å². The zero-order chi connectivity index (χ0) is 29.3. The molecule has 0 saturated heterocycles. The van der Waals surface area contributed by atoms with Gasteiger partial charge in [0.2, 0.25) is 0 Å². The summed E-state index contributed by atoms with van der Waals surface area (Å²) in [6.07, 6.45) is 1.31. The summed E-state index contributed by atoms with van der Waals surface area (Å²) < 4.78 is 0. The molecule has 0 atom stereocenters. The second-order valence-electron chi connectivity index (χ2n) is 8.36. The highest BCUT2D eigenvalue weighted by atomic mass is 32.1. The molecular formula is C26H32N6O2S6. The molecular weight excluding hydrogens is 621 g/mol. The molecule has 2 rings (SSSR count). The van der Waals surface area contributed by atoms with Gasteiger partial charge in [0.25, 0.3) is 0 Å². The van der Waals surface area contributed by atoms with Gasteiger partial charge in [-0.15, -0.1) is 0 Å². The molecule has 0 bridgehead atoms. The molecule has 2 aromatic carbocycles. The van der Waals surface area contributed by atoms with E-state index in [1.807, 2.05) is 0 Å². The van der Waals surface area contributed by atoms with E-state index in [0.29, 0.717) is 72.1 Å². The highest BCUT2D eigenvalue weighted by Gasteiger charge is 2.05. The summed E-state index contributed by atoms with van der Waals surface area (Å²) in [6, 6.07) is 13.4. The van der Waals surface area contributed by atoms with Crippen LogP contribution in [0.5, 0.6) is 11.5 Å². The molecule has 0 aromatic heterocycles. The van der Waals surface area contributed by atoms with Crippen molar-refractivity contribution >= 4 is 103 Å². The zero-order valence-electron chi connectivity index (χ0n) is 21.6. The lowest BCUT2D eigenvalue weighted by atomic mass is 10.2. The van der Waals surface area contributed by atoms with Crippen LogP contribution >= 0.6 is 73.3 Å². The van der Waals surface area contributed by atoms with Crippen LogP contribution in [0.3, 0.4) is 0 Å². The Bertz CT molecular complexity index is 1190. The van der Waals surface area contributed by atoms with Gasteiger partial charge in [0.05, 0.1) is 33.0 Å². The van der Waals surface area contributed by atoms with Crippen LogP contribution in [0.4, 0.5) is 0 Å². The van der Waals surface area contributed by atoms with Gasteiger partial charge in [-0.1, -0.05) is 73.3 Å². The Labute approximate surface area is 267 Å². The van der Waals surface area contributed by atoms with E-state index >= 15 is 0 Å². The Morgan fingerprint density at radius 3 is 1.35 bits per heavy atom. The zero-order valence-corrected chi connectivity index (χ0v) is 26.5. The maximum Gasteiger partial charge on any atom is 0.115 e. The highest BCUT2D eigenvalue weighted by molar-refractivity contribution is 7.81. The Morgan fingerprint density at radius 2 is 0.825 bits per heavy atom. The summed E-state index contributed by atoms with van der Waals surface area (Å²) in [6.45, 7) is 3.31. The molecule has 0 radical (unpaired) electrons. The second-order valence-corrected chi connectivity index (χ2v) is 11.1. The molecule has 0 heterocycles. The van der Waals surface area contributed by atoms with Gasteiger partial charge in [-0.25, -0.2) is 0 Å². The smallest absolute Gasteiger partial charge is 0.115 e. The van der Waals surface area contributed by atoms with Crippen LogP contribution in [0.15, 0.2) is 48.5 Å². The molecule has 40 heavy (non-hydrogen) atoms. The summed E-state index contributed by atoms with van der Waals surface area (Å²) in [5, 5.41) is 37.6. The van der Waals surface area contributed by atoms with Crippen molar-refractivity contribution < 1.29 is 10.2 Å². The third-order valence-corrected chi connectivity index (χ3v) is 7.23. The molecule has 8 N–H and O–H groups in total. The van der Waals surface area contributed by atoms with Crippen molar-refractivity contribution in [2.75, 3.05) is 39.3 Å². The molecule has 8 nitrogen and oxygen atoms in total. The molecule has 0 aliphatic rings. The van der Waals surface area contributed by atoms with Gasteiger partial charge >= 0.3 is 0 Å². The van der Waals surface area contributed by atoms with E-state index in [1.54, 1.807) is 48.5 Å². The van der Waals surface area contributed by atoms with Gasteiger partial charge in [-0.3, -0.25) is 0 Å². The molecule has 2 aromatic rings. The summed E-state index contributed by atoms with van der Waals surface area (Å²) >= 11 is 32.1. The van der Waals surface area contributed by atoms with Gasteiger partial charge in [0, 0.05) is 50.1 Å². The van der Waals surface area contributed by atoms with Crippen LogP contribution in [-0.4, -0.2) is 79.4 Å². The predicted octanol–water partition coefficient (Wildman–Crippen LogP) is 2.78. The lowest BCUT2D eigenvalue weighted by Crippen LogP contribution is -2.42. The van der Waals surface area contributed by atoms with E-state index in [1.165, 1.54) is 0 Å². The number of nitrogens with one attached hydrogen (secondary N) is 6. The number of phenolic OH excluding ortho intramolecular Hbond substituents is 2. The molecule has 0 amide bonds. The van der Waals surface area contributed by atoms with Crippen LogP contribution in [0.2, 0.25) is 0 Å². The van der Waals surface area contributed by atoms with Gasteiger partial charge < -0.3 is 42.1 Å². The van der Waals surface area contributed by atoms with Crippen molar-refractivity contribution in [1.29, 1.82) is 0 Å². The maximum atomic E-state index is 9.36. The minimum absolute atomic E-state index is 0.189. The largest absolute Gasteiger partial charge is 0.508 e. The average molecular weight is 653 g/mol. The minimum Gasteiger partial charge on any atom is -0.508 e. The van der Waals surface area contributed by atoms with E-state index in [2.05, 4.69) is 31.9 Å². The van der Waals surface area contributed by atoms with Crippen molar-refractivity contribution in [1.82, 2.24) is 31.9 Å². The number of hydrogen-bond donors (Lipinski definition) is 8. The van der Waals surface area contributed by atoms with Crippen molar-refractivity contribution in [2.45, 2.75) is 12.8 Å². The monoisotopic (exact) mass is 652 g/mol. The van der Waals surface area contributed by atoms with E-state index < -0.39 is 0 Å². The Morgan fingerprint density at radius 1 is 0.450 bits per heavy atom. The number of benzene rings is 2. The van der Waals surface area contributed by atoms with E-state index in [4.69, 9.17) is 73.3 Å². The number of rotatable bonds is 15. The molecule has 0 fully saturated rings. The minimum atomic E-state index is 0.189. The molecule has 0 aliphatic carbocycles. The van der Waals surface area contributed by atoms with Crippen LogP contribution in [0, 0.1) is 0 Å². The lowest BCUT2D eigenvalue weighted by Gasteiger charge is -2.14. The first kappa shape index (κ1) is 33.6. The van der Waals surface area contributed by atoms with Crippen LogP contribution < -0.4 is 31.9 Å². The SMILES string of the molecule is Oc1ccc(C(=S)NCCC(=S)NCCC(=S)NCCNC(=S)CNC(=S)CNC(=S)c2ccc(O)cc2)cc1. The van der Waals surface area contributed by atoms with Crippen molar-refractivity contribution in [3.8, 4) is 11.5 Å². The summed E-state index contributed by atoms with van der Waals surface area (Å²) in [7, 11) is 0. The summed E-state index contributed by atoms with van der Waals surface area (Å²) in [5.41, 5.74) is 1.65. The first-order valence-electron chi connectivity index (χ1n) is 12.4. The van der Waals surface area contributed by atoms with E-state index in [0.717, 1.165) is 21.1 Å². The third-order valence-electron chi connectivity index (χ3n) is 5.20. The quantitative estimate of drug-likeness (QED) is 0.107. The van der Waals surface area contributed by atoms with Crippen LogP contribution in [0.25, 0.3) is 0 Å². The highest BCUT2D eigenvalue weighted by Crippen LogP contribution is 2.10. The first-order valence-corrected chi connectivity index (χ1v) is 14.8. The molecule has 0 saturated carbocycles.